The number of para-hydroxylation sites is 1. The van der Waals surface area contributed by atoms with Crippen molar-refractivity contribution in [2.24, 2.45) is 0 Å². The van der Waals surface area contributed by atoms with Crippen LogP contribution in [-0.4, -0.2) is 36.1 Å². The fourth-order valence-electron chi connectivity index (χ4n) is 2.66. The number of hydrogen-bond acceptors (Lipinski definition) is 3. The molecule has 0 saturated heterocycles. The Kier molecular flexibility index (Phi) is 7.27. The number of carbonyl (C=O) groups is 2. The summed E-state index contributed by atoms with van der Waals surface area (Å²) in [6, 6.07) is 14.1. The minimum Gasteiger partial charge on any atom is -0.336 e. The van der Waals surface area contributed by atoms with Crippen molar-refractivity contribution in [3.8, 4) is 0 Å². The van der Waals surface area contributed by atoms with Crippen LogP contribution in [0, 0.1) is 20.8 Å². The van der Waals surface area contributed by atoms with E-state index in [2.05, 4.69) is 30.4 Å². The predicted molar refractivity (Wildman–Crippen MR) is 110 cm³/mol. The van der Waals surface area contributed by atoms with Crippen molar-refractivity contribution >= 4 is 29.3 Å². The molecule has 0 bridgehead atoms. The van der Waals surface area contributed by atoms with Crippen molar-refractivity contribution in [3.05, 3.63) is 64.7 Å². The lowest BCUT2D eigenvalue weighted by Gasteiger charge is -2.18. The average Bonchev–Trinajstić information content (AvgIpc) is 2.58. The molecule has 1 N–H and O–H groups in total. The molecule has 2 aromatic rings. The van der Waals surface area contributed by atoms with Crippen molar-refractivity contribution in [1.82, 2.24) is 4.90 Å². The molecule has 0 fully saturated rings. The van der Waals surface area contributed by atoms with Gasteiger partial charge in [0.1, 0.15) is 0 Å². The van der Waals surface area contributed by atoms with Gasteiger partial charge in [-0.15, -0.1) is 11.8 Å². The van der Waals surface area contributed by atoms with Crippen LogP contribution >= 0.6 is 11.8 Å². The first-order valence-electron chi connectivity index (χ1n) is 8.60. The molecule has 26 heavy (non-hydrogen) atoms. The second-order valence-corrected chi connectivity index (χ2v) is 7.53. The molecule has 5 heteroatoms. The van der Waals surface area contributed by atoms with Crippen LogP contribution in [-0.2, 0) is 15.3 Å². The minimum atomic E-state index is -0.179. The Bertz CT molecular complexity index is 769. The summed E-state index contributed by atoms with van der Waals surface area (Å²) in [6.07, 6.45) is 0. The Hall–Kier alpha value is -2.27. The molecule has 2 aromatic carbocycles. The van der Waals surface area contributed by atoms with Gasteiger partial charge in [-0.3, -0.25) is 9.59 Å². The Labute approximate surface area is 160 Å². The monoisotopic (exact) mass is 370 g/mol. The SMILES string of the molecule is Cc1cccc(CSCC(=O)N(C)CC(=O)Nc2c(C)cccc2C)c1. The van der Waals surface area contributed by atoms with Crippen LogP contribution in [0.2, 0.25) is 0 Å². The third kappa shape index (κ3) is 5.92. The van der Waals surface area contributed by atoms with E-state index in [1.807, 2.05) is 38.1 Å². The summed E-state index contributed by atoms with van der Waals surface area (Å²) >= 11 is 1.56. The van der Waals surface area contributed by atoms with Crippen LogP contribution in [0.3, 0.4) is 0 Å². The van der Waals surface area contributed by atoms with E-state index in [1.54, 1.807) is 18.8 Å². The number of amides is 2. The topological polar surface area (TPSA) is 49.4 Å². The third-order valence-electron chi connectivity index (χ3n) is 4.13. The smallest absolute Gasteiger partial charge is 0.243 e. The number of hydrogen-bond donors (Lipinski definition) is 1. The van der Waals surface area contributed by atoms with Crippen molar-refractivity contribution in [2.45, 2.75) is 26.5 Å². The maximum absolute atomic E-state index is 12.3. The number of nitrogens with one attached hydrogen (secondary N) is 1. The summed E-state index contributed by atoms with van der Waals surface area (Å²) in [7, 11) is 1.67. The predicted octanol–water partition coefficient (Wildman–Crippen LogP) is 3.94. The van der Waals surface area contributed by atoms with E-state index in [4.69, 9.17) is 0 Å². The maximum atomic E-state index is 12.3. The van der Waals surface area contributed by atoms with Gasteiger partial charge in [0, 0.05) is 18.5 Å². The van der Waals surface area contributed by atoms with Gasteiger partial charge in [-0.25, -0.2) is 0 Å². The molecule has 2 amide bonds. The van der Waals surface area contributed by atoms with Gasteiger partial charge in [-0.2, -0.15) is 0 Å². The number of aryl methyl sites for hydroxylation is 3. The lowest BCUT2D eigenvalue weighted by atomic mass is 10.1. The molecular formula is C21H26N2O2S. The van der Waals surface area contributed by atoms with Crippen LogP contribution in [0.1, 0.15) is 22.3 Å². The molecule has 4 nitrogen and oxygen atoms in total. The van der Waals surface area contributed by atoms with Gasteiger partial charge in [0.2, 0.25) is 11.8 Å². The molecule has 0 radical (unpaired) electrons. The van der Waals surface area contributed by atoms with Crippen LogP contribution in [0.5, 0.6) is 0 Å². The van der Waals surface area contributed by atoms with Crippen molar-refractivity contribution < 1.29 is 9.59 Å². The Morgan fingerprint density at radius 2 is 1.69 bits per heavy atom. The van der Waals surface area contributed by atoms with E-state index in [1.165, 1.54) is 16.0 Å². The quantitative estimate of drug-likeness (QED) is 0.803. The van der Waals surface area contributed by atoms with Gasteiger partial charge in [0.25, 0.3) is 0 Å². The molecule has 0 unspecified atom stereocenters. The molecule has 0 aromatic heterocycles. The second-order valence-electron chi connectivity index (χ2n) is 6.55. The third-order valence-corrected chi connectivity index (χ3v) is 5.12. The highest BCUT2D eigenvalue weighted by atomic mass is 32.2. The summed E-state index contributed by atoms with van der Waals surface area (Å²) < 4.78 is 0. The van der Waals surface area contributed by atoms with Crippen LogP contribution in [0.4, 0.5) is 5.69 Å². The van der Waals surface area contributed by atoms with Crippen molar-refractivity contribution in [1.29, 1.82) is 0 Å². The number of benzene rings is 2. The number of rotatable bonds is 7. The molecule has 0 aliphatic rings. The maximum Gasteiger partial charge on any atom is 0.243 e. The Morgan fingerprint density at radius 1 is 1.04 bits per heavy atom. The number of carbonyl (C=O) groups excluding carboxylic acids is 2. The Balaban J connectivity index is 1.80. The van der Waals surface area contributed by atoms with Gasteiger partial charge in [0.05, 0.1) is 12.3 Å². The van der Waals surface area contributed by atoms with E-state index < -0.39 is 0 Å². The van der Waals surface area contributed by atoms with Gasteiger partial charge in [-0.1, -0.05) is 48.0 Å². The number of anilines is 1. The second kappa shape index (κ2) is 9.43. The molecule has 0 saturated carbocycles. The molecular weight excluding hydrogens is 344 g/mol. The largest absolute Gasteiger partial charge is 0.336 e. The summed E-state index contributed by atoms with van der Waals surface area (Å²) in [5.41, 5.74) is 5.28. The molecule has 2 rings (SSSR count). The Morgan fingerprint density at radius 3 is 2.35 bits per heavy atom. The van der Waals surface area contributed by atoms with Gasteiger partial charge < -0.3 is 10.2 Å². The highest BCUT2D eigenvalue weighted by molar-refractivity contribution is 7.99. The van der Waals surface area contributed by atoms with E-state index in [0.717, 1.165) is 22.6 Å². The average molecular weight is 371 g/mol. The highest BCUT2D eigenvalue weighted by Gasteiger charge is 2.14. The van der Waals surface area contributed by atoms with Crippen molar-refractivity contribution in [3.63, 3.8) is 0 Å². The van der Waals surface area contributed by atoms with Gasteiger partial charge in [0.15, 0.2) is 0 Å². The van der Waals surface area contributed by atoms with E-state index in [0.29, 0.717) is 5.75 Å². The first kappa shape index (κ1) is 20.0. The summed E-state index contributed by atoms with van der Waals surface area (Å²) in [5.74, 6) is 0.929. The molecule has 0 aliphatic carbocycles. The fraction of sp³-hybridized carbons (Fsp3) is 0.333. The van der Waals surface area contributed by atoms with E-state index in [9.17, 15) is 9.59 Å². The number of likely N-dealkylation sites (N-methyl/N-ethyl adjacent to an activating group) is 1. The molecule has 0 aliphatic heterocycles. The van der Waals surface area contributed by atoms with E-state index >= 15 is 0 Å². The molecule has 138 valence electrons. The van der Waals surface area contributed by atoms with Gasteiger partial charge >= 0.3 is 0 Å². The zero-order valence-corrected chi connectivity index (χ0v) is 16.7. The van der Waals surface area contributed by atoms with Crippen LogP contribution in [0.25, 0.3) is 0 Å². The number of nitrogens with zero attached hydrogens (tertiary/aromatic N) is 1. The molecule has 0 atom stereocenters. The molecule has 0 spiro atoms. The summed E-state index contributed by atoms with van der Waals surface area (Å²) in [6.45, 7) is 6.03. The van der Waals surface area contributed by atoms with Crippen LogP contribution < -0.4 is 5.32 Å². The highest BCUT2D eigenvalue weighted by Crippen LogP contribution is 2.19. The lowest BCUT2D eigenvalue weighted by molar-refractivity contribution is -0.131. The minimum absolute atomic E-state index is 0.0423. The van der Waals surface area contributed by atoms with E-state index in [-0.39, 0.29) is 18.4 Å². The fourth-order valence-corrected chi connectivity index (χ4v) is 3.57. The summed E-state index contributed by atoms with van der Waals surface area (Å²) in [4.78, 5) is 26.0. The first-order valence-corrected chi connectivity index (χ1v) is 9.75. The standard InChI is InChI=1S/C21H26N2O2S/c1-15-7-5-10-18(11-15)13-26-14-20(25)23(4)12-19(24)22-21-16(2)8-6-9-17(21)3/h5-11H,12-14H2,1-4H3,(H,22,24). The summed E-state index contributed by atoms with van der Waals surface area (Å²) in [5, 5.41) is 2.91. The zero-order valence-electron chi connectivity index (χ0n) is 15.8. The number of thioether (sulfide) groups is 1. The first-order chi connectivity index (χ1) is 12.4. The van der Waals surface area contributed by atoms with Gasteiger partial charge in [-0.05, 0) is 37.5 Å². The van der Waals surface area contributed by atoms with Crippen LogP contribution in [0.15, 0.2) is 42.5 Å². The molecule has 0 heterocycles. The zero-order chi connectivity index (χ0) is 19.1. The lowest BCUT2D eigenvalue weighted by Crippen LogP contribution is -2.36. The van der Waals surface area contributed by atoms with Crippen molar-refractivity contribution in [2.75, 3.05) is 24.7 Å². The normalized spacial score (nSPS) is 10.5.